The van der Waals surface area contributed by atoms with Crippen LogP contribution in [0, 0.1) is 0 Å². The van der Waals surface area contributed by atoms with E-state index in [0.29, 0.717) is 30.8 Å². The van der Waals surface area contributed by atoms with Crippen molar-refractivity contribution in [1.29, 1.82) is 0 Å². The van der Waals surface area contributed by atoms with Gasteiger partial charge in [0.1, 0.15) is 6.04 Å². The van der Waals surface area contributed by atoms with E-state index in [0.717, 1.165) is 12.0 Å². The number of likely N-dealkylation sites (tertiary alicyclic amines) is 1. The molecule has 0 aliphatic carbocycles. The Kier molecular flexibility index (Phi) is 4.90. The third-order valence-electron chi connectivity index (χ3n) is 3.55. The predicted octanol–water partition coefficient (Wildman–Crippen LogP) is 2.49. The van der Waals surface area contributed by atoms with Crippen LogP contribution in [0.5, 0.6) is 0 Å². The fourth-order valence-electron chi connectivity index (χ4n) is 2.47. The fourth-order valence-corrected chi connectivity index (χ4v) is 2.60. The molecule has 1 fully saturated rings. The maximum Gasteiger partial charge on any atom is 0.267 e. The van der Waals surface area contributed by atoms with Gasteiger partial charge in [-0.05, 0) is 43.7 Å². The molecule has 4 nitrogen and oxygen atoms in total. The average molecular weight is 293 g/mol. The molecule has 1 heterocycles. The molecule has 1 aromatic rings. The lowest BCUT2D eigenvalue weighted by atomic mass is 10.1. The van der Waals surface area contributed by atoms with Crippen LogP contribution in [0.1, 0.15) is 24.8 Å². The first-order valence-corrected chi connectivity index (χ1v) is 7.04. The normalized spacial score (nSPS) is 18.1. The van der Waals surface area contributed by atoms with Gasteiger partial charge in [0, 0.05) is 18.0 Å². The molecule has 1 saturated heterocycles. The number of rotatable bonds is 4. The SMILES string of the molecule is C=NC(=O)[C@@H]1CCCN1C(=O)CCc1ccc(Cl)cc1. The number of halogens is 1. The Hall–Kier alpha value is -1.68. The number of nitrogens with zero attached hydrogens (tertiary/aromatic N) is 2. The molecular formula is C15H17ClN2O2. The second-order valence-electron chi connectivity index (χ2n) is 4.87. The molecular weight excluding hydrogens is 276 g/mol. The van der Waals surface area contributed by atoms with Gasteiger partial charge >= 0.3 is 0 Å². The summed E-state index contributed by atoms with van der Waals surface area (Å²) in [5.74, 6) is -0.304. The van der Waals surface area contributed by atoms with Crippen molar-refractivity contribution in [3.63, 3.8) is 0 Å². The number of amides is 2. The molecule has 1 aliphatic heterocycles. The minimum Gasteiger partial charge on any atom is -0.331 e. The molecule has 106 valence electrons. The molecule has 0 unspecified atom stereocenters. The molecule has 0 radical (unpaired) electrons. The zero-order chi connectivity index (χ0) is 14.5. The van der Waals surface area contributed by atoms with E-state index in [4.69, 9.17) is 11.6 Å². The standard InChI is InChI=1S/C15H17ClN2O2/c1-17-15(20)13-3-2-10-18(13)14(19)9-6-11-4-7-12(16)8-5-11/h4-5,7-8,13H,1-3,6,9-10H2/t13-/m0/s1. The van der Waals surface area contributed by atoms with Gasteiger partial charge in [-0.1, -0.05) is 23.7 Å². The minimum atomic E-state index is -0.412. The van der Waals surface area contributed by atoms with Gasteiger partial charge in [-0.25, -0.2) is 4.99 Å². The number of benzene rings is 1. The van der Waals surface area contributed by atoms with Crippen molar-refractivity contribution in [2.75, 3.05) is 6.54 Å². The molecule has 0 bridgehead atoms. The number of aryl methyl sites for hydroxylation is 1. The van der Waals surface area contributed by atoms with Crippen LogP contribution in [0.25, 0.3) is 0 Å². The number of hydrogen-bond donors (Lipinski definition) is 0. The summed E-state index contributed by atoms with van der Waals surface area (Å²) in [5, 5.41) is 0.683. The van der Waals surface area contributed by atoms with Gasteiger partial charge in [0.05, 0.1) is 0 Å². The monoisotopic (exact) mass is 292 g/mol. The number of carbonyl (C=O) groups excluding carboxylic acids is 2. The van der Waals surface area contributed by atoms with E-state index < -0.39 is 6.04 Å². The van der Waals surface area contributed by atoms with Gasteiger partial charge < -0.3 is 4.90 Å². The lowest BCUT2D eigenvalue weighted by Crippen LogP contribution is -2.39. The van der Waals surface area contributed by atoms with Gasteiger partial charge in [0.15, 0.2) is 0 Å². The van der Waals surface area contributed by atoms with E-state index in [9.17, 15) is 9.59 Å². The third-order valence-corrected chi connectivity index (χ3v) is 3.81. The highest BCUT2D eigenvalue weighted by Crippen LogP contribution is 2.20. The Balaban J connectivity index is 1.92. The van der Waals surface area contributed by atoms with Crippen molar-refractivity contribution in [2.45, 2.75) is 31.7 Å². The van der Waals surface area contributed by atoms with Crippen molar-refractivity contribution in [3.05, 3.63) is 34.9 Å². The maximum atomic E-state index is 12.2. The highest BCUT2D eigenvalue weighted by Gasteiger charge is 2.33. The first-order valence-electron chi connectivity index (χ1n) is 6.66. The molecule has 0 N–H and O–H groups in total. The predicted molar refractivity (Wildman–Crippen MR) is 79.1 cm³/mol. The van der Waals surface area contributed by atoms with Gasteiger partial charge in [0.2, 0.25) is 5.91 Å². The summed E-state index contributed by atoms with van der Waals surface area (Å²) >= 11 is 5.82. The zero-order valence-corrected chi connectivity index (χ0v) is 12.0. The molecule has 1 aliphatic rings. The Morgan fingerprint density at radius 3 is 2.70 bits per heavy atom. The first-order chi connectivity index (χ1) is 9.61. The largest absolute Gasteiger partial charge is 0.331 e. The molecule has 20 heavy (non-hydrogen) atoms. The Labute approximate surface area is 123 Å². The van der Waals surface area contributed by atoms with Gasteiger partial charge in [-0.3, -0.25) is 9.59 Å². The van der Waals surface area contributed by atoms with E-state index >= 15 is 0 Å². The van der Waals surface area contributed by atoms with Gasteiger partial charge in [-0.15, -0.1) is 0 Å². The Morgan fingerprint density at radius 2 is 2.05 bits per heavy atom. The first kappa shape index (κ1) is 14.7. The molecule has 1 aromatic carbocycles. The van der Waals surface area contributed by atoms with Crippen LogP contribution in [-0.2, 0) is 16.0 Å². The van der Waals surface area contributed by atoms with Gasteiger partial charge in [0.25, 0.3) is 5.91 Å². The fraction of sp³-hybridized carbons (Fsp3) is 0.400. The Morgan fingerprint density at radius 1 is 1.35 bits per heavy atom. The van der Waals surface area contributed by atoms with E-state index in [1.807, 2.05) is 24.3 Å². The van der Waals surface area contributed by atoms with Crippen LogP contribution >= 0.6 is 11.6 Å². The quantitative estimate of drug-likeness (QED) is 0.801. The van der Waals surface area contributed by atoms with E-state index in [1.54, 1.807) is 4.90 Å². The molecule has 2 amide bonds. The van der Waals surface area contributed by atoms with Crippen molar-refractivity contribution in [3.8, 4) is 0 Å². The summed E-state index contributed by atoms with van der Waals surface area (Å²) in [4.78, 5) is 28.9. The lowest BCUT2D eigenvalue weighted by Gasteiger charge is -2.22. The third kappa shape index (κ3) is 3.45. The number of aliphatic imine (C=N–C) groups is 1. The topological polar surface area (TPSA) is 49.7 Å². The summed E-state index contributed by atoms with van der Waals surface area (Å²) in [6, 6.07) is 7.03. The number of carbonyl (C=O) groups is 2. The molecule has 5 heteroatoms. The van der Waals surface area contributed by atoms with Crippen LogP contribution in [0.4, 0.5) is 0 Å². The highest BCUT2D eigenvalue weighted by molar-refractivity contribution is 6.30. The minimum absolute atomic E-state index is 0.000509. The second kappa shape index (κ2) is 6.66. The molecule has 1 atom stereocenters. The van der Waals surface area contributed by atoms with E-state index in [-0.39, 0.29) is 11.8 Å². The molecule has 0 aromatic heterocycles. The van der Waals surface area contributed by atoms with Gasteiger partial charge in [-0.2, -0.15) is 0 Å². The van der Waals surface area contributed by atoms with E-state index in [2.05, 4.69) is 11.7 Å². The second-order valence-corrected chi connectivity index (χ2v) is 5.30. The summed E-state index contributed by atoms with van der Waals surface area (Å²) in [5.41, 5.74) is 1.06. The molecule has 0 saturated carbocycles. The van der Waals surface area contributed by atoms with Crippen LogP contribution in [0.3, 0.4) is 0 Å². The maximum absolute atomic E-state index is 12.2. The summed E-state index contributed by atoms with van der Waals surface area (Å²) < 4.78 is 0. The van der Waals surface area contributed by atoms with Crippen LogP contribution in [-0.4, -0.2) is 36.0 Å². The van der Waals surface area contributed by atoms with Crippen molar-refractivity contribution < 1.29 is 9.59 Å². The van der Waals surface area contributed by atoms with Crippen LogP contribution in [0.15, 0.2) is 29.3 Å². The molecule has 0 spiro atoms. The average Bonchev–Trinajstić information content (AvgIpc) is 2.95. The summed E-state index contributed by atoms with van der Waals surface area (Å²) in [6.07, 6.45) is 2.57. The number of hydrogen-bond acceptors (Lipinski definition) is 2. The smallest absolute Gasteiger partial charge is 0.267 e. The van der Waals surface area contributed by atoms with Crippen LogP contribution in [0.2, 0.25) is 5.02 Å². The van der Waals surface area contributed by atoms with Crippen molar-refractivity contribution in [1.82, 2.24) is 4.90 Å². The Bertz CT molecular complexity index is 513. The highest BCUT2D eigenvalue weighted by atomic mass is 35.5. The zero-order valence-electron chi connectivity index (χ0n) is 11.2. The molecule has 2 rings (SSSR count). The van der Waals surface area contributed by atoms with Crippen molar-refractivity contribution in [2.24, 2.45) is 4.99 Å². The van der Waals surface area contributed by atoms with Crippen molar-refractivity contribution >= 4 is 30.1 Å². The van der Waals surface area contributed by atoms with Crippen LogP contribution < -0.4 is 0 Å². The summed E-state index contributed by atoms with van der Waals surface area (Å²) in [7, 11) is 0. The lowest BCUT2D eigenvalue weighted by molar-refractivity contribution is -0.137. The van der Waals surface area contributed by atoms with E-state index in [1.165, 1.54) is 0 Å². The summed E-state index contributed by atoms with van der Waals surface area (Å²) in [6.45, 7) is 3.88.